The van der Waals surface area contributed by atoms with Gasteiger partial charge in [0.15, 0.2) is 5.16 Å². The van der Waals surface area contributed by atoms with Gasteiger partial charge < -0.3 is 4.74 Å². The van der Waals surface area contributed by atoms with E-state index in [0.717, 1.165) is 5.56 Å². The van der Waals surface area contributed by atoms with E-state index in [0.29, 0.717) is 39.5 Å². The van der Waals surface area contributed by atoms with Crippen molar-refractivity contribution in [1.82, 2.24) is 9.55 Å². The predicted molar refractivity (Wildman–Crippen MR) is 113 cm³/mol. The molecule has 148 valence electrons. The van der Waals surface area contributed by atoms with Crippen LogP contribution in [0.2, 0.25) is 0 Å². The molecule has 7 heteroatoms. The molecule has 0 N–H and O–H groups in total. The minimum atomic E-state index is -0.470. The minimum absolute atomic E-state index is 0.131. The third-order valence-corrected chi connectivity index (χ3v) is 5.36. The van der Waals surface area contributed by atoms with Crippen LogP contribution in [0.1, 0.15) is 35.3 Å². The Hall–Kier alpha value is -3.11. The van der Waals surface area contributed by atoms with Gasteiger partial charge in [0.25, 0.3) is 5.56 Å². The van der Waals surface area contributed by atoms with Crippen LogP contribution in [0, 0.1) is 17.2 Å². The summed E-state index contributed by atoms with van der Waals surface area (Å²) in [5.41, 5.74) is 2.26. The zero-order chi connectivity index (χ0) is 21.0. The molecule has 1 heterocycles. The lowest BCUT2D eigenvalue weighted by Gasteiger charge is -2.15. The van der Waals surface area contributed by atoms with Gasteiger partial charge in [-0.25, -0.2) is 9.78 Å². The highest BCUT2D eigenvalue weighted by Crippen LogP contribution is 2.24. The van der Waals surface area contributed by atoms with Crippen LogP contribution >= 0.6 is 11.8 Å². The Morgan fingerprint density at radius 1 is 1.28 bits per heavy atom. The second-order valence-electron chi connectivity index (χ2n) is 7.03. The molecular weight excluding hydrogens is 386 g/mol. The predicted octanol–water partition coefficient (Wildman–Crippen LogP) is 4.00. The van der Waals surface area contributed by atoms with E-state index in [1.165, 1.54) is 18.9 Å². The van der Waals surface area contributed by atoms with Crippen LogP contribution in [-0.4, -0.2) is 22.6 Å². The van der Waals surface area contributed by atoms with Gasteiger partial charge in [0.2, 0.25) is 0 Å². The molecule has 29 heavy (non-hydrogen) atoms. The monoisotopic (exact) mass is 407 g/mol. The molecule has 0 aliphatic carbocycles. The number of hydrogen-bond acceptors (Lipinski definition) is 6. The molecule has 0 amide bonds. The molecule has 0 saturated carbocycles. The Labute approximate surface area is 173 Å². The van der Waals surface area contributed by atoms with Gasteiger partial charge in [-0.1, -0.05) is 37.7 Å². The third kappa shape index (κ3) is 4.66. The lowest BCUT2D eigenvalue weighted by molar-refractivity contribution is 0.0601. The van der Waals surface area contributed by atoms with Crippen molar-refractivity contribution in [2.45, 2.75) is 31.3 Å². The number of rotatable bonds is 6. The number of aromatic nitrogens is 2. The van der Waals surface area contributed by atoms with Crippen LogP contribution in [0.4, 0.5) is 0 Å². The number of esters is 1. The number of fused-ring (bicyclic) bond motifs is 1. The Kier molecular flexibility index (Phi) is 6.35. The lowest BCUT2D eigenvalue weighted by atomic mass is 10.1. The first kappa shape index (κ1) is 20.6. The minimum Gasteiger partial charge on any atom is -0.465 e. The van der Waals surface area contributed by atoms with Crippen molar-refractivity contribution in [3.8, 4) is 6.07 Å². The standard InChI is InChI=1S/C22H21N3O3S/c1-14(2)12-25-20(26)18-8-7-17(21(27)28-3)10-19(18)24-22(25)29-13-16-6-4-5-15(9-16)11-23/h4-10,14H,12-13H2,1-3H3. The fourth-order valence-corrected chi connectivity index (χ4v) is 3.91. The van der Waals surface area contributed by atoms with Gasteiger partial charge in [0.05, 0.1) is 35.2 Å². The van der Waals surface area contributed by atoms with Crippen molar-refractivity contribution in [2.24, 2.45) is 5.92 Å². The maximum Gasteiger partial charge on any atom is 0.337 e. The molecule has 0 atom stereocenters. The third-order valence-electron chi connectivity index (χ3n) is 4.31. The van der Waals surface area contributed by atoms with Gasteiger partial charge in [-0.15, -0.1) is 0 Å². The van der Waals surface area contributed by atoms with Crippen molar-refractivity contribution < 1.29 is 9.53 Å². The Morgan fingerprint density at radius 3 is 2.76 bits per heavy atom. The SMILES string of the molecule is COC(=O)c1ccc2c(=O)n(CC(C)C)c(SCc3cccc(C#N)c3)nc2c1. The first-order valence-electron chi connectivity index (χ1n) is 9.17. The van der Waals surface area contributed by atoms with Crippen molar-refractivity contribution in [3.63, 3.8) is 0 Å². The molecule has 0 aliphatic rings. The summed E-state index contributed by atoms with van der Waals surface area (Å²) in [4.78, 5) is 29.6. The highest BCUT2D eigenvalue weighted by molar-refractivity contribution is 7.98. The molecule has 0 saturated heterocycles. The maximum atomic E-state index is 13.1. The van der Waals surface area contributed by atoms with E-state index in [4.69, 9.17) is 10.00 Å². The topological polar surface area (TPSA) is 85.0 Å². The molecule has 0 fully saturated rings. The summed E-state index contributed by atoms with van der Waals surface area (Å²) in [6, 6.07) is 14.3. The summed E-state index contributed by atoms with van der Waals surface area (Å²) in [5, 5.41) is 10.1. The molecule has 3 rings (SSSR count). The fourth-order valence-electron chi connectivity index (χ4n) is 2.96. The summed E-state index contributed by atoms with van der Waals surface area (Å²) >= 11 is 1.44. The van der Waals surface area contributed by atoms with Gasteiger partial charge in [-0.3, -0.25) is 9.36 Å². The highest BCUT2D eigenvalue weighted by Gasteiger charge is 2.15. The Bertz CT molecular complexity index is 1160. The molecule has 3 aromatic rings. The van der Waals surface area contributed by atoms with Gasteiger partial charge in [0, 0.05) is 12.3 Å². The van der Waals surface area contributed by atoms with Crippen LogP contribution in [0.25, 0.3) is 10.9 Å². The molecule has 0 radical (unpaired) electrons. The van der Waals surface area contributed by atoms with Crippen LogP contribution in [0.5, 0.6) is 0 Å². The fraction of sp³-hybridized carbons (Fsp3) is 0.273. The average molecular weight is 407 g/mol. The number of carbonyl (C=O) groups is 1. The molecule has 0 aliphatic heterocycles. The second kappa shape index (κ2) is 8.93. The number of hydrogen-bond donors (Lipinski definition) is 0. The van der Waals surface area contributed by atoms with Crippen molar-refractivity contribution >= 4 is 28.6 Å². The summed E-state index contributed by atoms with van der Waals surface area (Å²) in [6.07, 6.45) is 0. The van der Waals surface area contributed by atoms with E-state index >= 15 is 0 Å². The average Bonchev–Trinajstić information content (AvgIpc) is 2.73. The highest BCUT2D eigenvalue weighted by atomic mass is 32.2. The van der Waals surface area contributed by atoms with Crippen molar-refractivity contribution in [3.05, 3.63) is 69.5 Å². The summed E-state index contributed by atoms with van der Waals surface area (Å²) < 4.78 is 6.45. The summed E-state index contributed by atoms with van der Waals surface area (Å²) in [6.45, 7) is 4.63. The first-order valence-corrected chi connectivity index (χ1v) is 10.2. The number of thioether (sulfide) groups is 1. The van der Waals surface area contributed by atoms with E-state index in [1.54, 1.807) is 28.8 Å². The van der Waals surface area contributed by atoms with E-state index < -0.39 is 5.97 Å². The lowest BCUT2D eigenvalue weighted by Crippen LogP contribution is -2.25. The molecule has 2 aromatic carbocycles. The number of benzene rings is 2. The Balaban J connectivity index is 2.05. The first-order chi connectivity index (χ1) is 13.9. The number of nitriles is 1. The Morgan fingerprint density at radius 2 is 2.07 bits per heavy atom. The van der Waals surface area contributed by atoms with Crippen molar-refractivity contribution in [1.29, 1.82) is 5.26 Å². The van der Waals surface area contributed by atoms with Crippen LogP contribution < -0.4 is 5.56 Å². The molecular formula is C22H21N3O3S. The maximum absolute atomic E-state index is 13.1. The summed E-state index contributed by atoms with van der Waals surface area (Å²) in [5.74, 6) is 0.368. The van der Waals surface area contributed by atoms with Gasteiger partial charge >= 0.3 is 5.97 Å². The quantitative estimate of drug-likeness (QED) is 0.349. The normalized spacial score (nSPS) is 10.9. The zero-order valence-corrected chi connectivity index (χ0v) is 17.3. The van der Waals surface area contributed by atoms with Crippen molar-refractivity contribution in [2.75, 3.05) is 7.11 Å². The molecule has 1 aromatic heterocycles. The van der Waals surface area contributed by atoms with E-state index in [-0.39, 0.29) is 11.5 Å². The summed E-state index contributed by atoms with van der Waals surface area (Å²) in [7, 11) is 1.32. The van der Waals surface area contributed by atoms with Gasteiger partial charge in [-0.05, 0) is 41.8 Å². The van der Waals surface area contributed by atoms with Gasteiger partial charge in [0.1, 0.15) is 0 Å². The van der Waals surface area contributed by atoms with E-state index in [9.17, 15) is 9.59 Å². The number of carbonyl (C=O) groups excluding carboxylic acids is 1. The molecule has 6 nitrogen and oxygen atoms in total. The van der Waals surface area contributed by atoms with E-state index in [2.05, 4.69) is 11.1 Å². The molecule has 0 unspecified atom stereocenters. The largest absolute Gasteiger partial charge is 0.465 e. The van der Waals surface area contributed by atoms with Crippen LogP contribution in [0.15, 0.2) is 52.4 Å². The smallest absolute Gasteiger partial charge is 0.337 e. The molecule has 0 bridgehead atoms. The second-order valence-corrected chi connectivity index (χ2v) is 7.97. The number of nitrogens with zero attached hydrogens (tertiary/aromatic N) is 3. The van der Waals surface area contributed by atoms with Crippen LogP contribution in [0.3, 0.4) is 0 Å². The zero-order valence-electron chi connectivity index (χ0n) is 16.5. The van der Waals surface area contributed by atoms with E-state index in [1.807, 2.05) is 32.0 Å². The number of ether oxygens (including phenoxy) is 1. The van der Waals surface area contributed by atoms with Gasteiger partial charge in [-0.2, -0.15) is 5.26 Å². The van der Waals surface area contributed by atoms with Crippen LogP contribution in [-0.2, 0) is 17.0 Å². The number of methoxy groups -OCH3 is 1. The molecule has 0 spiro atoms.